The highest BCUT2D eigenvalue weighted by Crippen LogP contribution is 2.54. The molecule has 1 saturated carbocycles. The van der Waals surface area contributed by atoms with Crippen molar-refractivity contribution in [3.05, 3.63) is 29.8 Å². The Hall–Kier alpha value is -1.69. The maximum Gasteiger partial charge on any atom is 0.321 e. The first kappa shape index (κ1) is 15.2. The molecule has 3 atom stereocenters. The Balaban J connectivity index is 1.72. The molecule has 1 aliphatic heterocycles. The highest BCUT2D eigenvalue weighted by molar-refractivity contribution is 5.89. The van der Waals surface area contributed by atoms with Gasteiger partial charge >= 0.3 is 6.03 Å². The standard InChI is InChI=1S/C16H20F2N2O2/c1-16(2)13(10-6-7-22-14(10)16)20(3)15(21)19-12-5-4-9(17)8-11(12)18/h4-5,8,10,13-14H,6-7H2,1-3H3,(H,19,21)/t10-,13+,14-/m0/s1. The fourth-order valence-electron chi connectivity index (χ4n) is 4.00. The van der Waals surface area contributed by atoms with Crippen molar-refractivity contribution in [1.29, 1.82) is 0 Å². The van der Waals surface area contributed by atoms with E-state index in [0.29, 0.717) is 5.92 Å². The Morgan fingerprint density at radius 1 is 1.41 bits per heavy atom. The van der Waals surface area contributed by atoms with Crippen molar-refractivity contribution in [3.63, 3.8) is 0 Å². The van der Waals surface area contributed by atoms with E-state index in [1.165, 1.54) is 6.07 Å². The molecule has 120 valence electrons. The van der Waals surface area contributed by atoms with E-state index in [1.54, 1.807) is 11.9 Å². The van der Waals surface area contributed by atoms with Gasteiger partial charge in [0.15, 0.2) is 0 Å². The number of fused-ring (bicyclic) bond motifs is 1. The van der Waals surface area contributed by atoms with Gasteiger partial charge in [0, 0.05) is 37.1 Å². The molecule has 0 bridgehead atoms. The molecule has 1 aliphatic carbocycles. The summed E-state index contributed by atoms with van der Waals surface area (Å²) in [5.41, 5.74) is -0.149. The summed E-state index contributed by atoms with van der Waals surface area (Å²) in [4.78, 5) is 14.0. The highest BCUT2D eigenvalue weighted by Gasteiger charge is 2.61. The Morgan fingerprint density at radius 3 is 2.82 bits per heavy atom. The van der Waals surface area contributed by atoms with Crippen LogP contribution in [-0.4, -0.2) is 36.7 Å². The Morgan fingerprint density at radius 2 is 2.14 bits per heavy atom. The van der Waals surface area contributed by atoms with Crippen LogP contribution in [0.3, 0.4) is 0 Å². The largest absolute Gasteiger partial charge is 0.377 e. The molecule has 22 heavy (non-hydrogen) atoms. The number of hydrogen-bond donors (Lipinski definition) is 1. The SMILES string of the molecule is CN(C(=O)Nc1ccc(F)cc1F)[C@@H]1[C@@H]2CCO[C@@H]2C1(C)C. The van der Waals surface area contributed by atoms with E-state index in [2.05, 4.69) is 19.2 Å². The summed E-state index contributed by atoms with van der Waals surface area (Å²) in [6, 6.07) is 2.75. The molecule has 1 aromatic carbocycles. The minimum absolute atomic E-state index is 0.0189. The molecule has 1 N–H and O–H groups in total. The van der Waals surface area contributed by atoms with E-state index >= 15 is 0 Å². The van der Waals surface area contributed by atoms with Crippen LogP contribution in [0.1, 0.15) is 20.3 Å². The third kappa shape index (κ3) is 2.26. The van der Waals surface area contributed by atoms with Crippen molar-refractivity contribution in [1.82, 2.24) is 4.90 Å². The topological polar surface area (TPSA) is 41.6 Å². The zero-order valence-corrected chi connectivity index (χ0v) is 12.9. The van der Waals surface area contributed by atoms with Gasteiger partial charge < -0.3 is 15.0 Å². The molecule has 1 saturated heterocycles. The number of ether oxygens (including phenoxy) is 1. The first-order valence-corrected chi connectivity index (χ1v) is 7.43. The van der Waals surface area contributed by atoms with Crippen LogP contribution in [0.15, 0.2) is 18.2 Å². The molecular weight excluding hydrogens is 290 g/mol. The summed E-state index contributed by atoms with van der Waals surface area (Å²) >= 11 is 0. The average molecular weight is 310 g/mol. The van der Waals surface area contributed by atoms with E-state index in [1.807, 2.05) is 0 Å². The van der Waals surface area contributed by atoms with Gasteiger partial charge in [0.05, 0.1) is 11.8 Å². The van der Waals surface area contributed by atoms with E-state index in [9.17, 15) is 13.6 Å². The number of carbonyl (C=O) groups is 1. The number of nitrogens with zero attached hydrogens (tertiary/aromatic N) is 1. The predicted molar refractivity (Wildman–Crippen MR) is 78.6 cm³/mol. The van der Waals surface area contributed by atoms with Crippen molar-refractivity contribution in [2.45, 2.75) is 32.4 Å². The second kappa shape index (κ2) is 5.19. The second-order valence-electron chi connectivity index (χ2n) is 6.68. The van der Waals surface area contributed by atoms with Crippen LogP contribution in [-0.2, 0) is 4.74 Å². The minimum Gasteiger partial charge on any atom is -0.377 e. The summed E-state index contributed by atoms with van der Waals surface area (Å²) in [7, 11) is 1.71. The van der Waals surface area contributed by atoms with E-state index < -0.39 is 17.7 Å². The molecule has 0 spiro atoms. The van der Waals surface area contributed by atoms with Crippen LogP contribution < -0.4 is 5.32 Å². The van der Waals surface area contributed by atoms with Crippen LogP contribution in [0.25, 0.3) is 0 Å². The lowest BCUT2D eigenvalue weighted by molar-refractivity contribution is -0.137. The number of urea groups is 1. The minimum atomic E-state index is -0.781. The maximum atomic E-state index is 13.6. The van der Waals surface area contributed by atoms with E-state index in [-0.39, 0.29) is 23.2 Å². The number of carbonyl (C=O) groups excluding carboxylic acids is 1. The van der Waals surface area contributed by atoms with Gasteiger partial charge in [-0.15, -0.1) is 0 Å². The quantitative estimate of drug-likeness (QED) is 0.911. The van der Waals surface area contributed by atoms with E-state index in [4.69, 9.17) is 4.74 Å². The van der Waals surface area contributed by atoms with Crippen molar-refractivity contribution in [2.75, 3.05) is 19.0 Å². The van der Waals surface area contributed by atoms with Gasteiger partial charge in [-0.3, -0.25) is 0 Å². The molecule has 0 aromatic heterocycles. The predicted octanol–water partition coefficient (Wildman–Crippen LogP) is 3.24. The van der Waals surface area contributed by atoms with Crippen LogP contribution in [0, 0.1) is 23.0 Å². The van der Waals surface area contributed by atoms with Gasteiger partial charge in [0.1, 0.15) is 11.6 Å². The average Bonchev–Trinajstić information content (AvgIpc) is 2.88. The first-order valence-electron chi connectivity index (χ1n) is 7.43. The summed E-state index contributed by atoms with van der Waals surface area (Å²) in [6.45, 7) is 4.87. The molecular formula is C16H20F2N2O2. The first-order chi connectivity index (χ1) is 10.3. The molecule has 2 amide bonds. The number of nitrogens with one attached hydrogen (secondary N) is 1. The van der Waals surface area contributed by atoms with Crippen LogP contribution in [0.5, 0.6) is 0 Å². The van der Waals surface area contributed by atoms with Crippen molar-refractivity contribution < 1.29 is 18.3 Å². The smallest absolute Gasteiger partial charge is 0.321 e. The van der Waals surface area contributed by atoms with Crippen molar-refractivity contribution in [2.24, 2.45) is 11.3 Å². The number of amides is 2. The lowest BCUT2D eigenvalue weighted by Gasteiger charge is -2.57. The number of rotatable bonds is 2. The molecule has 2 fully saturated rings. The normalized spacial score (nSPS) is 28.7. The number of anilines is 1. The number of benzene rings is 1. The third-order valence-electron chi connectivity index (χ3n) is 4.95. The number of hydrogen-bond acceptors (Lipinski definition) is 2. The van der Waals surface area contributed by atoms with Gasteiger partial charge in [-0.1, -0.05) is 13.8 Å². The number of halogens is 2. The fourth-order valence-corrected chi connectivity index (χ4v) is 4.00. The van der Waals surface area contributed by atoms with Crippen molar-refractivity contribution >= 4 is 11.7 Å². The van der Waals surface area contributed by atoms with Gasteiger partial charge in [0.2, 0.25) is 0 Å². The van der Waals surface area contributed by atoms with Gasteiger partial charge in [-0.25, -0.2) is 13.6 Å². The molecule has 4 nitrogen and oxygen atoms in total. The summed E-state index contributed by atoms with van der Waals surface area (Å²) in [5, 5.41) is 2.51. The third-order valence-corrected chi connectivity index (χ3v) is 4.95. The van der Waals surface area contributed by atoms with Crippen LogP contribution >= 0.6 is 0 Å². The fraction of sp³-hybridized carbons (Fsp3) is 0.562. The molecule has 0 radical (unpaired) electrons. The maximum absolute atomic E-state index is 13.6. The molecule has 3 rings (SSSR count). The van der Waals surface area contributed by atoms with Crippen LogP contribution in [0.4, 0.5) is 19.3 Å². The molecule has 2 aliphatic rings. The molecule has 1 heterocycles. The zero-order chi connectivity index (χ0) is 16.1. The van der Waals surface area contributed by atoms with E-state index in [0.717, 1.165) is 25.2 Å². The van der Waals surface area contributed by atoms with Crippen molar-refractivity contribution in [3.8, 4) is 0 Å². The van der Waals surface area contributed by atoms with Gasteiger partial charge in [-0.2, -0.15) is 0 Å². The van der Waals surface area contributed by atoms with Crippen LogP contribution in [0.2, 0.25) is 0 Å². The van der Waals surface area contributed by atoms with Gasteiger partial charge in [0.25, 0.3) is 0 Å². The monoisotopic (exact) mass is 310 g/mol. The molecule has 1 aromatic rings. The highest BCUT2D eigenvalue weighted by atomic mass is 19.1. The zero-order valence-electron chi connectivity index (χ0n) is 12.9. The lowest BCUT2D eigenvalue weighted by Crippen LogP contribution is -2.67. The van der Waals surface area contributed by atoms with Gasteiger partial charge in [-0.05, 0) is 18.6 Å². The Labute approximate surface area is 128 Å². The second-order valence-corrected chi connectivity index (χ2v) is 6.68. The molecule has 6 heteroatoms. The summed E-state index contributed by atoms with van der Waals surface area (Å²) in [5.74, 6) is -1.13. The lowest BCUT2D eigenvalue weighted by atomic mass is 9.57. The Kier molecular flexibility index (Phi) is 3.59. The summed E-state index contributed by atoms with van der Waals surface area (Å²) < 4.78 is 32.3. The summed E-state index contributed by atoms with van der Waals surface area (Å²) in [6.07, 6.45) is 1.11. The Bertz CT molecular complexity index is 606. The molecule has 0 unspecified atom stereocenters.